The number of halogens is 1. The van der Waals surface area contributed by atoms with Crippen LogP contribution in [-0.4, -0.2) is 15.0 Å². The highest BCUT2D eigenvalue weighted by Crippen LogP contribution is 2.26. The lowest BCUT2D eigenvalue weighted by atomic mass is 10.1. The summed E-state index contributed by atoms with van der Waals surface area (Å²) in [4.78, 5) is 12.8. The Morgan fingerprint density at radius 2 is 2.14 bits per heavy atom. The minimum Gasteiger partial charge on any atom is -0.440 e. The van der Waals surface area contributed by atoms with Crippen LogP contribution < -0.4 is 5.32 Å². The van der Waals surface area contributed by atoms with E-state index in [1.807, 2.05) is 0 Å². The molecule has 3 heterocycles. The van der Waals surface area contributed by atoms with Crippen molar-refractivity contribution in [1.29, 1.82) is 0 Å². The summed E-state index contributed by atoms with van der Waals surface area (Å²) < 4.78 is 19.4. The van der Waals surface area contributed by atoms with Gasteiger partial charge in [-0.3, -0.25) is 4.98 Å². The van der Waals surface area contributed by atoms with E-state index in [9.17, 15) is 4.39 Å². The lowest BCUT2D eigenvalue weighted by Gasteiger charge is -2.05. The number of hydrogen-bond acceptors (Lipinski definition) is 5. The molecule has 0 aliphatic carbocycles. The molecule has 0 saturated carbocycles. The molecule has 0 saturated heterocycles. The Morgan fingerprint density at radius 1 is 1.27 bits per heavy atom. The number of fused-ring (bicyclic) bond motifs is 1. The van der Waals surface area contributed by atoms with E-state index in [1.165, 1.54) is 6.07 Å². The van der Waals surface area contributed by atoms with Gasteiger partial charge in [0.25, 0.3) is 0 Å². The summed E-state index contributed by atoms with van der Waals surface area (Å²) >= 11 is 0. The summed E-state index contributed by atoms with van der Waals surface area (Å²) in [6.07, 6.45) is 4.15. The second-order valence-corrected chi connectivity index (χ2v) is 5.15. The molecule has 6 heteroatoms. The van der Waals surface area contributed by atoms with Crippen LogP contribution in [0.4, 0.5) is 10.2 Å². The van der Waals surface area contributed by atoms with Crippen molar-refractivity contribution in [2.24, 2.45) is 0 Å². The summed E-state index contributed by atoms with van der Waals surface area (Å²) in [6, 6.07) is 4.73. The first kappa shape index (κ1) is 14.4. The first-order valence-electron chi connectivity index (χ1n) is 7.27. The average Bonchev–Trinajstić information content (AvgIpc) is 2.98. The Balaban J connectivity index is 1.87. The van der Waals surface area contributed by atoms with Crippen molar-refractivity contribution in [3.8, 4) is 0 Å². The highest BCUT2D eigenvalue weighted by molar-refractivity contribution is 5.83. The SMILES string of the molecule is CCC(C)c1nc2c(NCc3ncccc3F)nccc2o1. The molecule has 3 aromatic heterocycles. The standard InChI is InChI=1S/C16H17FN4O/c1-3-10(2)16-21-14-13(22-16)6-8-19-15(14)20-9-12-11(17)5-4-7-18-12/h4-8,10H,3,9H2,1-2H3,(H,19,20). The van der Waals surface area contributed by atoms with Crippen LogP contribution in [0.5, 0.6) is 0 Å². The molecule has 0 bridgehead atoms. The topological polar surface area (TPSA) is 63.8 Å². The number of hydrogen-bond donors (Lipinski definition) is 1. The fourth-order valence-corrected chi connectivity index (χ4v) is 2.10. The van der Waals surface area contributed by atoms with Crippen molar-refractivity contribution in [2.45, 2.75) is 32.7 Å². The van der Waals surface area contributed by atoms with Crippen molar-refractivity contribution in [3.05, 3.63) is 48.0 Å². The zero-order valence-electron chi connectivity index (χ0n) is 12.5. The van der Waals surface area contributed by atoms with Crippen LogP contribution in [0.15, 0.2) is 35.0 Å². The minimum absolute atomic E-state index is 0.240. The molecule has 1 atom stereocenters. The molecule has 114 valence electrons. The van der Waals surface area contributed by atoms with Crippen LogP contribution >= 0.6 is 0 Å². The molecule has 5 nitrogen and oxygen atoms in total. The summed E-state index contributed by atoms with van der Waals surface area (Å²) in [6.45, 7) is 4.39. The second-order valence-electron chi connectivity index (χ2n) is 5.15. The van der Waals surface area contributed by atoms with E-state index in [1.54, 1.807) is 24.5 Å². The van der Waals surface area contributed by atoms with Gasteiger partial charge in [-0.25, -0.2) is 14.4 Å². The van der Waals surface area contributed by atoms with Crippen LogP contribution in [-0.2, 0) is 6.54 Å². The number of rotatable bonds is 5. The molecule has 0 amide bonds. The molecule has 1 unspecified atom stereocenters. The van der Waals surface area contributed by atoms with Gasteiger partial charge in [0.15, 0.2) is 22.8 Å². The van der Waals surface area contributed by atoms with Crippen molar-refractivity contribution in [1.82, 2.24) is 15.0 Å². The van der Waals surface area contributed by atoms with E-state index in [-0.39, 0.29) is 18.3 Å². The quantitative estimate of drug-likeness (QED) is 0.774. The fourth-order valence-electron chi connectivity index (χ4n) is 2.10. The summed E-state index contributed by atoms with van der Waals surface area (Å²) in [5.74, 6) is 1.16. The predicted octanol–water partition coefficient (Wildman–Crippen LogP) is 3.88. The fraction of sp³-hybridized carbons (Fsp3) is 0.312. The van der Waals surface area contributed by atoms with Crippen LogP contribution in [0.25, 0.3) is 11.1 Å². The second kappa shape index (κ2) is 6.09. The van der Waals surface area contributed by atoms with Crippen molar-refractivity contribution in [2.75, 3.05) is 5.32 Å². The summed E-state index contributed by atoms with van der Waals surface area (Å²) in [5.41, 5.74) is 1.68. The smallest absolute Gasteiger partial charge is 0.198 e. The van der Waals surface area contributed by atoms with Crippen LogP contribution in [0.1, 0.15) is 37.8 Å². The molecule has 0 radical (unpaired) electrons. The molecular formula is C16H17FN4O. The zero-order chi connectivity index (χ0) is 15.5. The highest BCUT2D eigenvalue weighted by atomic mass is 19.1. The lowest BCUT2D eigenvalue weighted by Crippen LogP contribution is -2.05. The molecule has 0 fully saturated rings. The average molecular weight is 300 g/mol. The lowest BCUT2D eigenvalue weighted by molar-refractivity contribution is 0.479. The Labute approximate surface area is 127 Å². The third-order valence-electron chi connectivity index (χ3n) is 3.62. The maximum absolute atomic E-state index is 13.6. The molecule has 0 spiro atoms. The van der Waals surface area contributed by atoms with Gasteiger partial charge in [-0.2, -0.15) is 0 Å². The van der Waals surface area contributed by atoms with Gasteiger partial charge in [0.05, 0.1) is 12.2 Å². The van der Waals surface area contributed by atoms with E-state index in [0.717, 1.165) is 6.42 Å². The number of nitrogens with one attached hydrogen (secondary N) is 1. The number of pyridine rings is 2. The van der Waals surface area contributed by atoms with Gasteiger partial charge in [-0.15, -0.1) is 0 Å². The zero-order valence-corrected chi connectivity index (χ0v) is 12.5. The van der Waals surface area contributed by atoms with Crippen molar-refractivity contribution < 1.29 is 8.81 Å². The first-order chi connectivity index (χ1) is 10.7. The number of anilines is 1. The molecule has 3 aromatic rings. The van der Waals surface area contributed by atoms with Gasteiger partial charge in [0, 0.05) is 24.4 Å². The Bertz CT molecular complexity index is 787. The van der Waals surface area contributed by atoms with Crippen molar-refractivity contribution in [3.63, 3.8) is 0 Å². The van der Waals surface area contributed by atoms with Gasteiger partial charge in [0.1, 0.15) is 5.82 Å². The largest absolute Gasteiger partial charge is 0.440 e. The van der Waals surface area contributed by atoms with Gasteiger partial charge in [-0.05, 0) is 18.6 Å². The maximum Gasteiger partial charge on any atom is 0.198 e. The van der Waals surface area contributed by atoms with E-state index < -0.39 is 0 Å². The Kier molecular flexibility index (Phi) is 4.00. The number of aromatic nitrogens is 3. The van der Waals surface area contributed by atoms with Gasteiger partial charge >= 0.3 is 0 Å². The first-order valence-corrected chi connectivity index (χ1v) is 7.27. The van der Waals surface area contributed by atoms with Crippen molar-refractivity contribution >= 4 is 16.9 Å². The van der Waals surface area contributed by atoms with Crippen LogP contribution in [0, 0.1) is 5.82 Å². The summed E-state index contributed by atoms with van der Waals surface area (Å²) in [7, 11) is 0. The molecule has 1 N–H and O–H groups in total. The normalized spacial score (nSPS) is 12.5. The molecular weight excluding hydrogens is 283 g/mol. The van der Waals surface area contributed by atoms with E-state index in [4.69, 9.17) is 4.42 Å². The predicted molar refractivity (Wildman–Crippen MR) is 82.0 cm³/mol. The van der Waals surface area contributed by atoms with Crippen LogP contribution in [0.2, 0.25) is 0 Å². The van der Waals surface area contributed by atoms with Gasteiger partial charge in [-0.1, -0.05) is 13.8 Å². The number of oxazole rings is 1. The third kappa shape index (κ3) is 2.77. The Hall–Kier alpha value is -2.50. The monoisotopic (exact) mass is 300 g/mol. The van der Waals surface area contributed by atoms with Gasteiger partial charge < -0.3 is 9.73 Å². The molecule has 3 rings (SSSR count). The highest BCUT2D eigenvalue weighted by Gasteiger charge is 2.15. The molecule has 0 aliphatic heterocycles. The molecule has 0 aliphatic rings. The van der Waals surface area contributed by atoms with E-state index in [0.29, 0.717) is 28.5 Å². The van der Waals surface area contributed by atoms with Gasteiger partial charge in [0.2, 0.25) is 0 Å². The van der Waals surface area contributed by atoms with E-state index in [2.05, 4.69) is 34.1 Å². The number of nitrogens with zero attached hydrogens (tertiary/aromatic N) is 3. The Morgan fingerprint density at radius 3 is 2.91 bits per heavy atom. The summed E-state index contributed by atoms with van der Waals surface area (Å²) in [5, 5.41) is 3.08. The molecule has 0 aromatic carbocycles. The third-order valence-corrected chi connectivity index (χ3v) is 3.62. The van der Waals surface area contributed by atoms with Crippen LogP contribution in [0.3, 0.4) is 0 Å². The minimum atomic E-state index is -0.345. The molecule has 22 heavy (non-hydrogen) atoms. The van der Waals surface area contributed by atoms with E-state index >= 15 is 0 Å². The maximum atomic E-state index is 13.6.